The first-order valence-corrected chi connectivity index (χ1v) is 8.88. The normalized spacial score (nSPS) is 24.3. The van der Waals surface area contributed by atoms with Gasteiger partial charge in [0, 0.05) is 38.2 Å². The van der Waals surface area contributed by atoms with Gasteiger partial charge in [-0.15, -0.1) is 0 Å². The molecule has 0 aliphatic carbocycles. The van der Waals surface area contributed by atoms with Crippen molar-refractivity contribution in [1.82, 2.24) is 20.0 Å². The lowest BCUT2D eigenvalue weighted by Crippen LogP contribution is -2.48. The molecule has 1 N–H and O–H groups in total. The van der Waals surface area contributed by atoms with Crippen LogP contribution in [0.3, 0.4) is 0 Å². The summed E-state index contributed by atoms with van der Waals surface area (Å²) in [5, 5.41) is 7.32. The standard InChI is InChI=1S/C18H24N4O3/c1-12-10-15-16(13(2)25-12)19-20-17(15)18(23)22-7-5-21(6-8-22)11-14-4-3-9-24-14/h3-4,9,12-13H,5-8,10-11H2,1-2H3,(H,19,20)/t12-,13+/m1/s1. The minimum atomic E-state index is -0.0436. The monoisotopic (exact) mass is 344 g/mol. The minimum Gasteiger partial charge on any atom is -0.468 e. The first-order valence-electron chi connectivity index (χ1n) is 8.88. The number of hydrogen-bond acceptors (Lipinski definition) is 5. The predicted molar refractivity (Wildman–Crippen MR) is 91.1 cm³/mol. The molecule has 0 radical (unpaired) electrons. The van der Waals surface area contributed by atoms with Gasteiger partial charge in [-0.25, -0.2) is 0 Å². The Morgan fingerprint density at radius 3 is 2.84 bits per heavy atom. The summed E-state index contributed by atoms with van der Waals surface area (Å²) < 4.78 is 11.2. The number of amides is 1. The average molecular weight is 344 g/mol. The van der Waals surface area contributed by atoms with Crippen molar-refractivity contribution in [2.24, 2.45) is 0 Å². The smallest absolute Gasteiger partial charge is 0.274 e. The van der Waals surface area contributed by atoms with Crippen LogP contribution in [-0.2, 0) is 17.7 Å². The molecular weight excluding hydrogens is 320 g/mol. The number of nitrogens with one attached hydrogen (secondary N) is 1. The highest BCUT2D eigenvalue weighted by molar-refractivity contribution is 5.94. The quantitative estimate of drug-likeness (QED) is 0.922. The van der Waals surface area contributed by atoms with E-state index in [-0.39, 0.29) is 18.1 Å². The minimum absolute atomic E-state index is 0.0245. The lowest BCUT2D eigenvalue weighted by Gasteiger charge is -2.34. The van der Waals surface area contributed by atoms with E-state index in [4.69, 9.17) is 9.15 Å². The number of carbonyl (C=O) groups excluding carboxylic acids is 1. The van der Waals surface area contributed by atoms with Crippen molar-refractivity contribution in [2.75, 3.05) is 26.2 Å². The molecule has 7 nitrogen and oxygen atoms in total. The number of H-pyrrole nitrogens is 1. The fraction of sp³-hybridized carbons (Fsp3) is 0.556. The number of carbonyl (C=O) groups is 1. The van der Waals surface area contributed by atoms with Crippen LogP contribution in [0.2, 0.25) is 0 Å². The van der Waals surface area contributed by atoms with Crippen molar-refractivity contribution in [2.45, 2.75) is 39.0 Å². The Balaban J connectivity index is 1.41. The molecule has 2 aromatic heterocycles. The highest BCUT2D eigenvalue weighted by Gasteiger charge is 2.32. The van der Waals surface area contributed by atoms with Crippen LogP contribution in [0, 0.1) is 0 Å². The summed E-state index contributed by atoms with van der Waals surface area (Å²) in [6.45, 7) is 7.93. The summed E-state index contributed by atoms with van der Waals surface area (Å²) in [7, 11) is 0. The maximum atomic E-state index is 12.9. The van der Waals surface area contributed by atoms with Crippen molar-refractivity contribution in [1.29, 1.82) is 0 Å². The lowest BCUT2D eigenvalue weighted by atomic mass is 9.99. The van der Waals surface area contributed by atoms with E-state index in [9.17, 15) is 4.79 Å². The maximum Gasteiger partial charge on any atom is 0.274 e. The number of furan rings is 1. The van der Waals surface area contributed by atoms with Gasteiger partial charge in [0.15, 0.2) is 5.69 Å². The molecule has 1 saturated heterocycles. The van der Waals surface area contributed by atoms with Gasteiger partial charge < -0.3 is 14.1 Å². The van der Waals surface area contributed by atoms with Gasteiger partial charge in [0.05, 0.1) is 30.7 Å². The van der Waals surface area contributed by atoms with E-state index < -0.39 is 0 Å². The molecule has 2 aliphatic heterocycles. The third kappa shape index (κ3) is 3.21. The van der Waals surface area contributed by atoms with Crippen LogP contribution in [-0.4, -0.2) is 58.2 Å². The zero-order valence-electron chi connectivity index (χ0n) is 14.7. The number of ether oxygens (including phenoxy) is 1. The Bertz CT molecular complexity index is 732. The Kier molecular flexibility index (Phi) is 4.35. The van der Waals surface area contributed by atoms with Gasteiger partial charge in [-0.05, 0) is 26.0 Å². The van der Waals surface area contributed by atoms with Crippen LogP contribution in [0.25, 0.3) is 0 Å². The fourth-order valence-corrected chi connectivity index (χ4v) is 3.73. The Hall–Kier alpha value is -2.12. The third-order valence-corrected chi connectivity index (χ3v) is 5.06. The topological polar surface area (TPSA) is 74.6 Å². The number of nitrogens with zero attached hydrogens (tertiary/aromatic N) is 3. The second-order valence-electron chi connectivity index (χ2n) is 6.91. The number of aromatic amines is 1. The van der Waals surface area contributed by atoms with E-state index in [2.05, 4.69) is 15.1 Å². The van der Waals surface area contributed by atoms with Crippen LogP contribution >= 0.6 is 0 Å². The summed E-state index contributed by atoms with van der Waals surface area (Å²) in [6.07, 6.45) is 2.49. The number of hydrogen-bond donors (Lipinski definition) is 1. The van der Waals surface area contributed by atoms with E-state index in [1.165, 1.54) is 0 Å². The predicted octanol–water partition coefficient (Wildman–Crippen LogP) is 1.98. The van der Waals surface area contributed by atoms with Crippen molar-refractivity contribution in [3.05, 3.63) is 41.1 Å². The lowest BCUT2D eigenvalue weighted by molar-refractivity contribution is -0.00704. The summed E-state index contributed by atoms with van der Waals surface area (Å²) in [6, 6.07) is 3.89. The third-order valence-electron chi connectivity index (χ3n) is 5.06. The molecule has 4 rings (SSSR count). The second kappa shape index (κ2) is 6.65. The van der Waals surface area contributed by atoms with Crippen molar-refractivity contribution < 1.29 is 13.9 Å². The van der Waals surface area contributed by atoms with Gasteiger partial charge in [0.2, 0.25) is 0 Å². The van der Waals surface area contributed by atoms with Gasteiger partial charge in [-0.1, -0.05) is 0 Å². The molecule has 1 amide bonds. The van der Waals surface area contributed by atoms with Gasteiger partial charge in [0.25, 0.3) is 5.91 Å². The summed E-state index contributed by atoms with van der Waals surface area (Å²) in [4.78, 5) is 17.1. The SMILES string of the molecule is C[C@@H]1Cc2c(C(=O)N3CCN(Cc4ccco4)CC3)n[nH]c2[C@H](C)O1. The second-order valence-corrected chi connectivity index (χ2v) is 6.91. The van der Waals surface area contributed by atoms with Crippen molar-refractivity contribution in [3.63, 3.8) is 0 Å². The van der Waals surface area contributed by atoms with Gasteiger partial charge in [-0.3, -0.25) is 14.8 Å². The Morgan fingerprint density at radius 2 is 2.12 bits per heavy atom. The molecule has 0 spiro atoms. The van der Waals surface area contributed by atoms with Crippen LogP contribution in [0.15, 0.2) is 22.8 Å². The molecule has 2 aromatic rings. The molecule has 0 bridgehead atoms. The molecular formula is C18H24N4O3. The van der Waals surface area contributed by atoms with Crippen LogP contribution < -0.4 is 0 Å². The van der Waals surface area contributed by atoms with Crippen molar-refractivity contribution >= 4 is 5.91 Å². The number of rotatable bonds is 3. The Morgan fingerprint density at radius 1 is 1.32 bits per heavy atom. The highest BCUT2D eigenvalue weighted by atomic mass is 16.5. The van der Waals surface area contributed by atoms with Gasteiger partial charge in [0.1, 0.15) is 5.76 Å². The van der Waals surface area contributed by atoms with Crippen LogP contribution in [0.4, 0.5) is 0 Å². The molecule has 2 atom stereocenters. The largest absolute Gasteiger partial charge is 0.468 e. The molecule has 0 saturated carbocycles. The molecule has 4 heterocycles. The molecule has 1 fully saturated rings. The van der Waals surface area contributed by atoms with Crippen molar-refractivity contribution in [3.8, 4) is 0 Å². The van der Waals surface area contributed by atoms with Gasteiger partial charge in [-0.2, -0.15) is 5.10 Å². The highest BCUT2D eigenvalue weighted by Crippen LogP contribution is 2.30. The van der Waals surface area contributed by atoms with Gasteiger partial charge >= 0.3 is 0 Å². The molecule has 0 aromatic carbocycles. The first-order chi connectivity index (χ1) is 12.1. The number of piperazine rings is 1. The fourth-order valence-electron chi connectivity index (χ4n) is 3.73. The molecule has 25 heavy (non-hydrogen) atoms. The summed E-state index contributed by atoms with van der Waals surface area (Å²) >= 11 is 0. The number of aromatic nitrogens is 2. The van der Waals surface area contributed by atoms with E-state index in [0.29, 0.717) is 18.8 Å². The zero-order chi connectivity index (χ0) is 17.4. The summed E-state index contributed by atoms with van der Waals surface area (Å²) in [5.74, 6) is 0.987. The molecule has 0 unspecified atom stereocenters. The van der Waals surface area contributed by atoms with E-state index >= 15 is 0 Å². The number of fused-ring (bicyclic) bond motifs is 1. The van der Waals surface area contributed by atoms with E-state index in [0.717, 1.165) is 43.1 Å². The average Bonchev–Trinajstić information content (AvgIpc) is 3.24. The summed E-state index contributed by atoms with van der Waals surface area (Å²) in [5.41, 5.74) is 2.53. The zero-order valence-corrected chi connectivity index (χ0v) is 14.7. The Labute approximate surface area is 146 Å². The molecule has 134 valence electrons. The molecule has 2 aliphatic rings. The van der Waals surface area contributed by atoms with E-state index in [1.54, 1.807) is 6.26 Å². The molecule has 7 heteroatoms. The first kappa shape index (κ1) is 16.4. The maximum absolute atomic E-state index is 12.9. The van der Waals surface area contributed by atoms with E-state index in [1.807, 2.05) is 30.9 Å². The van der Waals surface area contributed by atoms with Crippen LogP contribution in [0.1, 0.15) is 47.5 Å². The van der Waals surface area contributed by atoms with Crippen LogP contribution in [0.5, 0.6) is 0 Å².